The molecule has 3 heteroatoms. The third-order valence-electron chi connectivity index (χ3n) is 3.54. The standard InChI is InChI=1S/C17H15NO2/c1-12-6-5-9-15-14(10-12)16(19)17(20)18(15)11-13-7-3-2-4-8-13/h2-5,7-10H,6,11H2,1H3. The number of hydrogen-bond donors (Lipinski definition) is 0. The highest BCUT2D eigenvalue weighted by molar-refractivity contribution is 6.46. The highest BCUT2D eigenvalue weighted by Crippen LogP contribution is 2.29. The van der Waals surface area contributed by atoms with Crippen LogP contribution in [0.5, 0.6) is 0 Å². The van der Waals surface area contributed by atoms with Crippen molar-refractivity contribution in [1.82, 2.24) is 4.90 Å². The maximum absolute atomic E-state index is 12.2. The van der Waals surface area contributed by atoms with Gasteiger partial charge in [0.25, 0.3) is 11.7 Å². The van der Waals surface area contributed by atoms with E-state index in [0.29, 0.717) is 12.1 Å². The van der Waals surface area contributed by atoms with Crippen molar-refractivity contribution in [2.45, 2.75) is 19.9 Å². The van der Waals surface area contributed by atoms with Gasteiger partial charge in [0.1, 0.15) is 0 Å². The first-order chi connectivity index (χ1) is 9.66. The Balaban J connectivity index is 1.99. The van der Waals surface area contributed by atoms with Gasteiger partial charge in [-0.25, -0.2) is 0 Å². The first-order valence-corrected chi connectivity index (χ1v) is 6.65. The monoisotopic (exact) mass is 265 g/mol. The Morgan fingerprint density at radius 3 is 2.65 bits per heavy atom. The summed E-state index contributed by atoms with van der Waals surface area (Å²) in [4.78, 5) is 25.8. The lowest BCUT2D eigenvalue weighted by Crippen LogP contribution is -2.28. The molecule has 0 fully saturated rings. The molecule has 0 atom stereocenters. The van der Waals surface area contributed by atoms with E-state index in [1.54, 1.807) is 4.90 Å². The van der Waals surface area contributed by atoms with Crippen molar-refractivity contribution < 1.29 is 9.59 Å². The highest BCUT2D eigenvalue weighted by Gasteiger charge is 2.36. The molecule has 0 spiro atoms. The molecular weight excluding hydrogens is 250 g/mol. The fourth-order valence-corrected chi connectivity index (χ4v) is 2.51. The van der Waals surface area contributed by atoms with E-state index in [0.717, 1.165) is 23.3 Å². The fourth-order valence-electron chi connectivity index (χ4n) is 2.51. The third kappa shape index (κ3) is 2.11. The SMILES string of the molecule is CC1=CC2=C(C=CC1)N(Cc1ccccc1)C(=O)C2=O. The van der Waals surface area contributed by atoms with Gasteiger partial charge in [0, 0.05) is 0 Å². The second-order valence-corrected chi connectivity index (χ2v) is 5.10. The summed E-state index contributed by atoms with van der Waals surface area (Å²) in [5.41, 5.74) is 3.35. The van der Waals surface area contributed by atoms with Crippen molar-refractivity contribution in [1.29, 1.82) is 0 Å². The van der Waals surface area contributed by atoms with E-state index < -0.39 is 11.7 Å². The quantitative estimate of drug-likeness (QED) is 0.771. The van der Waals surface area contributed by atoms with Gasteiger partial charge < -0.3 is 4.90 Å². The molecule has 0 aromatic heterocycles. The van der Waals surface area contributed by atoms with Crippen molar-refractivity contribution in [2.75, 3.05) is 0 Å². The minimum Gasteiger partial charge on any atom is -0.300 e. The predicted octanol–water partition coefficient (Wildman–Crippen LogP) is 2.76. The number of ketones is 1. The van der Waals surface area contributed by atoms with E-state index in [1.807, 2.05) is 55.5 Å². The Morgan fingerprint density at radius 1 is 1.15 bits per heavy atom. The lowest BCUT2D eigenvalue weighted by atomic mass is 10.1. The summed E-state index contributed by atoms with van der Waals surface area (Å²) in [6.45, 7) is 2.40. The van der Waals surface area contributed by atoms with Gasteiger partial charge in [-0.05, 0) is 31.1 Å². The van der Waals surface area contributed by atoms with Gasteiger partial charge in [-0.15, -0.1) is 0 Å². The zero-order chi connectivity index (χ0) is 14.1. The van der Waals surface area contributed by atoms with Crippen LogP contribution < -0.4 is 0 Å². The van der Waals surface area contributed by atoms with E-state index in [4.69, 9.17) is 0 Å². The van der Waals surface area contributed by atoms with Crippen LogP contribution in [0.4, 0.5) is 0 Å². The number of carbonyl (C=O) groups excluding carboxylic acids is 2. The molecule has 0 saturated heterocycles. The molecule has 3 rings (SSSR count). The van der Waals surface area contributed by atoms with Crippen LogP contribution >= 0.6 is 0 Å². The highest BCUT2D eigenvalue weighted by atomic mass is 16.2. The van der Waals surface area contributed by atoms with Gasteiger partial charge in [0.2, 0.25) is 0 Å². The molecule has 0 bridgehead atoms. The maximum Gasteiger partial charge on any atom is 0.299 e. The summed E-state index contributed by atoms with van der Waals surface area (Å²) in [7, 11) is 0. The summed E-state index contributed by atoms with van der Waals surface area (Å²) >= 11 is 0. The van der Waals surface area contributed by atoms with Crippen LogP contribution in [0.25, 0.3) is 0 Å². The first-order valence-electron chi connectivity index (χ1n) is 6.65. The Hall–Kier alpha value is -2.42. The topological polar surface area (TPSA) is 37.4 Å². The molecule has 2 aliphatic rings. The molecule has 1 amide bonds. The van der Waals surface area contributed by atoms with Crippen molar-refractivity contribution in [3.8, 4) is 0 Å². The van der Waals surface area contributed by atoms with Crippen LogP contribution in [-0.2, 0) is 16.1 Å². The molecule has 100 valence electrons. The summed E-state index contributed by atoms with van der Waals surface area (Å²) in [6, 6.07) is 9.71. The van der Waals surface area contributed by atoms with Gasteiger partial charge in [-0.3, -0.25) is 9.59 Å². The predicted molar refractivity (Wildman–Crippen MR) is 76.5 cm³/mol. The Bertz CT molecular complexity index is 665. The number of hydrogen-bond acceptors (Lipinski definition) is 2. The summed E-state index contributed by atoms with van der Waals surface area (Å²) in [5.74, 6) is -0.837. The molecule has 1 aromatic rings. The van der Waals surface area contributed by atoms with E-state index in [2.05, 4.69) is 0 Å². The van der Waals surface area contributed by atoms with Crippen LogP contribution in [0.15, 0.2) is 65.4 Å². The minimum absolute atomic E-state index is 0.401. The van der Waals surface area contributed by atoms with E-state index in [1.165, 1.54) is 0 Å². The normalized spacial score (nSPS) is 18.2. The van der Waals surface area contributed by atoms with Crippen molar-refractivity contribution >= 4 is 11.7 Å². The molecule has 20 heavy (non-hydrogen) atoms. The molecule has 3 nitrogen and oxygen atoms in total. The summed E-state index contributed by atoms with van der Waals surface area (Å²) in [6.07, 6.45) is 6.53. The van der Waals surface area contributed by atoms with Gasteiger partial charge in [-0.1, -0.05) is 42.0 Å². The van der Waals surface area contributed by atoms with Crippen molar-refractivity contribution in [3.05, 3.63) is 71.0 Å². The smallest absolute Gasteiger partial charge is 0.299 e. The zero-order valence-corrected chi connectivity index (χ0v) is 11.3. The number of nitrogens with zero attached hydrogens (tertiary/aromatic N) is 1. The van der Waals surface area contributed by atoms with Gasteiger partial charge in [0.15, 0.2) is 0 Å². The lowest BCUT2D eigenvalue weighted by molar-refractivity contribution is -0.139. The minimum atomic E-state index is -0.436. The van der Waals surface area contributed by atoms with Gasteiger partial charge in [0.05, 0.1) is 17.8 Å². The van der Waals surface area contributed by atoms with E-state index in [-0.39, 0.29) is 0 Å². The van der Waals surface area contributed by atoms with Crippen LogP contribution in [0, 0.1) is 0 Å². The summed E-state index contributed by atoms with van der Waals surface area (Å²) < 4.78 is 0. The number of allylic oxidation sites excluding steroid dienone is 4. The molecular formula is C17H15NO2. The Morgan fingerprint density at radius 2 is 1.90 bits per heavy atom. The van der Waals surface area contributed by atoms with Crippen molar-refractivity contribution in [3.63, 3.8) is 0 Å². The lowest BCUT2D eigenvalue weighted by Gasteiger charge is -2.17. The first kappa shape index (κ1) is 12.6. The zero-order valence-electron chi connectivity index (χ0n) is 11.3. The molecule has 0 radical (unpaired) electrons. The molecule has 1 heterocycles. The van der Waals surface area contributed by atoms with Crippen LogP contribution in [-0.4, -0.2) is 16.6 Å². The second-order valence-electron chi connectivity index (χ2n) is 5.10. The second kappa shape index (κ2) is 4.93. The van der Waals surface area contributed by atoms with E-state index in [9.17, 15) is 9.59 Å². The molecule has 0 N–H and O–H groups in total. The van der Waals surface area contributed by atoms with Gasteiger partial charge >= 0.3 is 0 Å². The largest absolute Gasteiger partial charge is 0.300 e. The third-order valence-corrected chi connectivity index (χ3v) is 3.54. The Kier molecular flexibility index (Phi) is 3.11. The molecule has 1 aliphatic carbocycles. The fraction of sp³-hybridized carbons (Fsp3) is 0.176. The number of rotatable bonds is 2. The molecule has 1 aromatic carbocycles. The summed E-state index contributed by atoms with van der Waals surface area (Å²) in [5, 5.41) is 0. The maximum atomic E-state index is 12.2. The number of amides is 1. The number of carbonyl (C=O) groups is 2. The molecule has 1 aliphatic heterocycles. The van der Waals surface area contributed by atoms with Crippen LogP contribution in [0.3, 0.4) is 0 Å². The number of benzene rings is 1. The van der Waals surface area contributed by atoms with E-state index >= 15 is 0 Å². The molecule has 0 saturated carbocycles. The van der Waals surface area contributed by atoms with Crippen LogP contribution in [0.1, 0.15) is 18.9 Å². The van der Waals surface area contributed by atoms with Crippen molar-refractivity contribution in [2.24, 2.45) is 0 Å². The van der Waals surface area contributed by atoms with Crippen LogP contribution in [0.2, 0.25) is 0 Å². The molecule has 0 unspecified atom stereocenters. The average Bonchev–Trinajstić information content (AvgIpc) is 2.61. The van der Waals surface area contributed by atoms with Gasteiger partial charge in [-0.2, -0.15) is 0 Å². The average molecular weight is 265 g/mol. The number of Topliss-reactive ketones (excluding diaryl/α,β-unsaturated/α-hetero) is 1. The Labute approximate surface area is 117 Å².